The summed E-state index contributed by atoms with van der Waals surface area (Å²) >= 11 is 0. The Balaban J connectivity index is 1.66. The fourth-order valence-corrected chi connectivity index (χ4v) is 2.65. The first kappa shape index (κ1) is 10.7. The maximum absolute atomic E-state index is 11.9. The summed E-state index contributed by atoms with van der Waals surface area (Å²) in [5.41, 5.74) is 6.44. The van der Waals surface area contributed by atoms with Gasteiger partial charge in [-0.25, -0.2) is 0 Å². The van der Waals surface area contributed by atoms with Gasteiger partial charge in [0, 0.05) is 24.8 Å². The minimum Gasteiger partial charge on any atom is -0.376 e. The lowest BCUT2D eigenvalue weighted by Crippen LogP contribution is -2.69. The Morgan fingerprint density at radius 3 is 3.18 bits per heavy atom. The molecule has 1 saturated carbocycles. The van der Waals surface area contributed by atoms with E-state index in [0.717, 1.165) is 13.0 Å². The summed E-state index contributed by atoms with van der Waals surface area (Å²) in [6, 6.07) is 5.19. The van der Waals surface area contributed by atoms with Gasteiger partial charge in [0.25, 0.3) is 5.91 Å². The second-order valence-electron chi connectivity index (χ2n) is 4.58. The van der Waals surface area contributed by atoms with E-state index in [2.05, 4.69) is 10.3 Å². The number of carbonyl (C=O) groups is 1. The average molecular weight is 233 g/mol. The predicted molar refractivity (Wildman–Crippen MR) is 61.3 cm³/mol. The van der Waals surface area contributed by atoms with Crippen LogP contribution in [0, 0.1) is 5.92 Å². The van der Waals surface area contributed by atoms with Crippen LogP contribution in [0.4, 0.5) is 0 Å². The number of aromatic nitrogens is 1. The number of nitrogens with zero attached hydrogens (tertiary/aromatic N) is 1. The van der Waals surface area contributed by atoms with Crippen LogP contribution in [0.2, 0.25) is 0 Å². The number of hydrogen-bond donors (Lipinski definition) is 2. The van der Waals surface area contributed by atoms with Crippen molar-refractivity contribution < 1.29 is 9.53 Å². The number of hydrogen-bond acceptors (Lipinski definition) is 4. The molecular weight excluding hydrogens is 218 g/mol. The number of amides is 1. The lowest BCUT2D eigenvalue weighted by Gasteiger charge is -2.45. The molecule has 2 heterocycles. The van der Waals surface area contributed by atoms with E-state index in [1.165, 1.54) is 0 Å². The molecule has 1 saturated heterocycles. The zero-order valence-corrected chi connectivity index (χ0v) is 9.37. The van der Waals surface area contributed by atoms with Crippen molar-refractivity contribution >= 4 is 5.91 Å². The van der Waals surface area contributed by atoms with Crippen molar-refractivity contribution in [3.8, 4) is 0 Å². The van der Waals surface area contributed by atoms with E-state index >= 15 is 0 Å². The summed E-state index contributed by atoms with van der Waals surface area (Å²) in [6.07, 6.45) is 2.70. The molecular formula is C12H15N3O2. The first-order chi connectivity index (χ1) is 8.27. The highest BCUT2D eigenvalue weighted by Crippen LogP contribution is 2.37. The highest BCUT2D eigenvalue weighted by Gasteiger charge is 2.52. The Labute approximate surface area is 99.4 Å². The molecule has 1 aromatic heterocycles. The average Bonchev–Trinajstić information content (AvgIpc) is 2.81. The SMILES string of the molecule is NC1C2CCOC2C1NC(=O)c1ccccn1. The molecule has 90 valence electrons. The van der Waals surface area contributed by atoms with Gasteiger partial charge in [-0.05, 0) is 18.6 Å². The zero-order chi connectivity index (χ0) is 11.8. The van der Waals surface area contributed by atoms with Crippen LogP contribution in [-0.2, 0) is 4.74 Å². The molecule has 2 aliphatic rings. The molecule has 3 N–H and O–H groups in total. The first-order valence-corrected chi connectivity index (χ1v) is 5.86. The highest BCUT2D eigenvalue weighted by molar-refractivity contribution is 5.92. The van der Waals surface area contributed by atoms with E-state index in [1.54, 1.807) is 24.4 Å². The van der Waals surface area contributed by atoms with Crippen molar-refractivity contribution in [2.75, 3.05) is 6.61 Å². The summed E-state index contributed by atoms with van der Waals surface area (Å²) in [4.78, 5) is 15.9. The van der Waals surface area contributed by atoms with Gasteiger partial charge < -0.3 is 15.8 Å². The third kappa shape index (κ3) is 1.71. The van der Waals surface area contributed by atoms with Crippen LogP contribution in [0.1, 0.15) is 16.9 Å². The van der Waals surface area contributed by atoms with Gasteiger partial charge in [-0.15, -0.1) is 0 Å². The molecule has 0 bridgehead atoms. The first-order valence-electron chi connectivity index (χ1n) is 5.86. The van der Waals surface area contributed by atoms with Crippen LogP contribution < -0.4 is 11.1 Å². The van der Waals surface area contributed by atoms with Crippen LogP contribution in [0.15, 0.2) is 24.4 Å². The maximum Gasteiger partial charge on any atom is 0.270 e. The van der Waals surface area contributed by atoms with Gasteiger partial charge in [0.1, 0.15) is 5.69 Å². The summed E-state index contributed by atoms with van der Waals surface area (Å²) in [7, 11) is 0. The standard InChI is InChI=1S/C12H15N3O2/c13-9-7-4-6-17-11(7)10(9)15-12(16)8-3-1-2-5-14-8/h1-3,5,7,9-11H,4,6,13H2,(H,15,16). The fraction of sp³-hybridized carbons (Fsp3) is 0.500. The Kier molecular flexibility index (Phi) is 2.57. The summed E-state index contributed by atoms with van der Waals surface area (Å²) in [5.74, 6) is 0.226. The molecule has 4 unspecified atom stereocenters. The van der Waals surface area contributed by atoms with Gasteiger partial charge in [0.05, 0.1) is 12.1 Å². The molecule has 1 aliphatic carbocycles. The predicted octanol–water partition coefficient (Wildman–Crippen LogP) is -0.0740. The van der Waals surface area contributed by atoms with Crippen molar-refractivity contribution in [1.29, 1.82) is 0 Å². The summed E-state index contributed by atoms with van der Waals surface area (Å²) in [6.45, 7) is 0.749. The third-order valence-electron chi connectivity index (χ3n) is 3.64. The number of carbonyl (C=O) groups excluding carboxylic acids is 1. The van der Waals surface area contributed by atoms with Gasteiger partial charge in [-0.2, -0.15) is 0 Å². The van der Waals surface area contributed by atoms with Crippen LogP contribution in [0.3, 0.4) is 0 Å². The third-order valence-corrected chi connectivity index (χ3v) is 3.64. The minimum atomic E-state index is -0.181. The van der Waals surface area contributed by atoms with Crippen molar-refractivity contribution in [3.05, 3.63) is 30.1 Å². The summed E-state index contributed by atoms with van der Waals surface area (Å²) < 4.78 is 5.56. The Bertz CT molecular complexity index is 423. The molecule has 1 aromatic rings. The van der Waals surface area contributed by atoms with Crippen molar-refractivity contribution in [2.45, 2.75) is 24.6 Å². The van der Waals surface area contributed by atoms with Crippen molar-refractivity contribution in [2.24, 2.45) is 11.7 Å². The van der Waals surface area contributed by atoms with Crippen LogP contribution >= 0.6 is 0 Å². The topological polar surface area (TPSA) is 77.2 Å². The van der Waals surface area contributed by atoms with E-state index in [0.29, 0.717) is 11.6 Å². The molecule has 4 atom stereocenters. The second kappa shape index (κ2) is 4.09. The van der Waals surface area contributed by atoms with Gasteiger partial charge in [-0.3, -0.25) is 9.78 Å². The van der Waals surface area contributed by atoms with E-state index in [4.69, 9.17) is 10.5 Å². The minimum absolute atomic E-state index is 0.00941. The lowest BCUT2D eigenvalue weighted by molar-refractivity contribution is -0.0161. The molecule has 0 spiro atoms. The molecule has 5 heteroatoms. The molecule has 1 amide bonds. The highest BCUT2D eigenvalue weighted by atomic mass is 16.5. The normalized spacial score (nSPS) is 34.9. The van der Waals surface area contributed by atoms with Crippen molar-refractivity contribution in [3.63, 3.8) is 0 Å². The molecule has 5 nitrogen and oxygen atoms in total. The molecule has 3 rings (SSSR count). The number of rotatable bonds is 2. The van der Waals surface area contributed by atoms with Gasteiger partial charge in [0.2, 0.25) is 0 Å². The zero-order valence-electron chi connectivity index (χ0n) is 9.37. The van der Waals surface area contributed by atoms with E-state index in [9.17, 15) is 4.79 Å². The molecule has 1 aliphatic heterocycles. The second-order valence-corrected chi connectivity index (χ2v) is 4.58. The maximum atomic E-state index is 11.9. The number of pyridine rings is 1. The van der Waals surface area contributed by atoms with E-state index in [1.807, 2.05) is 0 Å². The fourth-order valence-electron chi connectivity index (χ4n) is 2.65. The molecule has 17 heavy (non-hydrogen) atoms. The Morgan fingerprint density at radius 1 is 1.53 bits per heavy atom. The monoisotopic (exact) mass is 233 g/mol. The molecule has 2 fully saturated rings. The molecule has 0 radical (unpaired) electrons. The van der Waals surface area contributed by atoms with E-state index in [-0.39, 0.29) is 24.1 Å². The number of nitrogens with two attached hydrogens (primary N) is 1. The van der Waals surface area contributed by atoms with Crippen LogP contribution in [0.5, 0.6) is 0 Å². The largest absolute Gasteiger partial charge is 0.376 e. The number of fused-ring (bicyclic) bond motifs is 1. The Hall–Kier alpha value is -1.46. The van der Waals surface area contributed by atoms with Gasteiger partial charge in [0.15, 0.2) is 0 Å². The number of ether oxygens (including phenoxy) is 1. The lowest BCUT2D eigenvalue weighted by atomic mass is 9.72. The van der Waals surface area contributed by atoms with E-state index < -0.39 is 0 Å². The smallest absolute Gasteiger partial charge is 0.270 e. The van der Waals surface area contributed by atoms with Crippen LogP contribution in [-0.4, -0.2) is 35.7 Å². The van der Waals surface area contributed by atoms with Gasteiger partial charge in [-0.1, -0.05) is 6.07 Å². The molecule has 0 aromatic carbocycles. The van der Waals surface area contributed by atoms with Crippen LogP contribution in [0.25, 0.3) is 0 Å². The van der Waals surface area contributed by atoms with Gasteiger partial charge >= 0.3 is 0 Å². The quantitative estimate of drug-likeness (QED) is 0.749. The summed E-state index contributed by atoms with van der Waals surface area (Å²) in [5, 5.41) is 2.90. The Morgan fingerprint density at radius 2 is 2.41 bits per heavy atom. The van der Waals surface area contributed by atoms with Crippen molar-refractivity contribution in [1.82, 2.24) is 10.3 Å². The number of nitrogens with one attached hydrogen (secondary N) is 1.